The number of hydrogen-bond acceptors (Lipinski definition) is 2. The van der Waals surface area contributed by atoms with Crippen LogP contribution in [0, 0.1) is 11.5 Å². The highest BCUT2D eigenvalue weighted by molar-refractivity contribution is 6.83. The van der Waals surface area contributed by atoms with Crippen molar-refractivity contribution in [3.63, 3.8) is 0 Å². The maximum absolute atomic E-state index is 6.12. The van der Waals surface area contributed by atoms with Gasteiger partial charge >= 0.3 is 0 Å². The molecule has 3 heteroatoms. The van der Waals surface area contributed by atoms with Crippen LogP contribution in [0.2, 0.25) is 19.6 Å². The first-order chi connectivity index (χ1) is 10.4. The smallest absolute Gasteiger partial charge is 0.205 e. The molecular weight excluding hydrogens is 300 g/mol. The van der Waals surface area contributed by atoms with Crippen LogP contribution >= 0.6 is 0 Å². The summed E-state index contributed by atoms with van der Waals surface area (Å²) in [5.74, 6) is 3.79. The van der Waals surface area contributed by atoms with E-state index >= 15 is 0 Å². The third kappa shape index (κ3) is 4.86. The van der Waals surface area contributed by atoms with E-state index in [4.69, 9.17) is 9.47 Å². The Morgan fingerprint density at radius 2 is 1.83 bits per heavy atom. The van der Waals surface area contributed by atoms with Gasteiger partial charge in [-0.25, -0.2) is 0 Å². The Kier molecular flexibility index (Phi) is 4.72. The summed E-state index contributed by atoms with van der Waals surface area (Å²) in [4.78, 5) is 0. The van der Waals surface area contributed by atoms with Gasteiger partial charge in [-0.2, -0.15) is 0 Å². The fourth-order valence-electron chi connectivity index (χ4n) is 2.49. The van der Waals surface area contributed by atoms with Gasteiger partial charge in [0.25, 0.3) is 0 Å². The van der Waals surface area contributed by atoms with Crippen LogP contribution in [-0.2, 0) is 23.2 Å². The van der Waals surface area contributed by atoms with Crippen LogP contribution < -0.4 is 4.74 Å². The molecule has 0 aliphatic carbocycles. The zero-order valence-corrected chi connectivity index (χ0v) is 16.9. The van der Waals surface area contributed by atoms with Crippen molar-refractivity contribution < 1.29 is 9.47 Å². The molecule has 0 N–H and O–H groups in total. The lowest BCUT2D eigenvalue weighted by Gasteiger charge is -2.35. The van der Waals surface area contributed by atoms with Crippen LogP contribution in [0.25, 0.3) is 0 Å². The third-order valence-electron chi connectivity index (χ3n) is 3.77. The van der Waals surface area contributed by atoms with Crippen LogP contribution in [0.3, 0.4) is 0 Å². The average Bonchev–Trinajstić information content (AvgIpc) is 2.35. The van der Waals surface area contributed by atoms with Crippen molar-refractivity contribution in [3.05, 3.63) is 28.8 Å². The minimum atomic E-state index is -1.35. The molecule has 23 heavy (non-hydrogen) atoms. The lowest BCUT2D eigenvalue weighted by atomic mass is 9.84. The average molecular weight is 331 g/mol. The Morgan fingerprint density at radius 1 is 1.17 bits per heavy atom. The summed E-state index contributed by atoms with van der Waals surface area (Å²) < 4.78 is 11.9. The maximum Gasteiger partial charge on any atom is 0.205 e. The third-order valence-corrected chi connectivity index (χ3v) is 4.70. The van der Waals surface area contributed by atoms with E-state index in [1.807, 2.05) is 13.8 Å². The van der Waals surface area contributed by atoms with Crippen molar-refractivity contribution in [3.8, 4) is 17.2 Å². The minimum Gasteiger partial charge on any atom is -0.462 e. The molecule has 1 heterocycles. The van der Waals surface area contributed by atoms with Gasteiger partial charge in [0.2, 0.25) is 5.79 Å². The Bertz CT molecular complexity index is 649. The van der Waals surface area contributed by atoms with Gasteiger partial charge in [0.1, 0.15) is 13.8 Å². The summed E-state index contributed by atoms with van der Waals surface area (Å²) in [7, 11) is -1.35. The first-order valence-electron chi connectivity index (χ1n) is 8.37. The second-order valence-electron chi connectivity index (χ2n) is 8.89. The number of benzene rings is 1. The minimum absolute atomic E-state index is 0.100. The summed E-state index contributed by atoms with van der Waals surface area (Å²) >= 11 is 0. The molecule has 0 saturated heterocycles. The van der Waals surface area contributed by atoms with E-state index in [0.29, 0.717) is 6.61 Å². The monoisotopic (exact) mass is 330 g/mol. The Hall–Kier alpha value is -1.24. The van der Waals surface area contributed by atoms with Crippen LogP contribution in [0.4, 0.5) is 0 Å². The molecule has 1 aromatic rings. The van der Waals surface area contributed by atoms with E-state index < -0.39 is 13.9 Å². The number of hydrogen-bond donors (Lipinski definition) is 0. The van der Waals surface area contributed by atoms with Crippen molar-refractivity contribution in [1.29, 1.82) is 0 Å². The molecule has 1 aromatic carbocycles. The van der Waals surface area contributed by atoms with Gasteiger partial charge in [-0.1, -0.05) is 46.5 Å². The quantitative estimate of drug-likeness (QED) is 0.530. The fourth-order valence-corrected chi connectivity index (χ4v) is 3.11. The van der Waals surface area contributed by atoms with E-state index in [1.165, 1.54) is 11.1 Å². The van der Waals surface area contributed by atoms with E-state index in [0.717, 1.165) is 17.7 Å². The maximum atomic E-state index is 6.12. The second kappa shape index (κ2) is 6.00. The number of rotatable bonds is 1. The van der Waals surface area contributed by atoms with Crippen LogP contribution in [0.15, 0.2) is 12.1 Å². The summed E-state index contributed by atoms with van der Waals surface area (Å²) in [6.45, 7) is 18.1. The number of ether oxygens (including phenoxy) is 2. The lowest BCUT2D eigenvalue weighted by Crippen LogP contribution is -2.36. The molecule has 126 valence electrons. The Labute approximate surface area is 142 Å². The molecule has 0 atom stereocenters. The summed E-state index contributed by atoms with van der Waals surface area (Å²) in [5, 5.41) is 0. The summed E-state index contributed by atoms with van der Waals surface area (Å²) in [6, 6.07) is 4.49. The van der Waals surface area contributed by atoms with E-state index in [1.54, 1.807) is 0 Å². The molecule has 1 aliphatic heterocycles. The van der Waals surface area contributed by atoms with Crippen molar-refractivity contribution in [2.75, 3.05) is 0 Å². The van der Waals surface area contributed by atoms with Gasteiger partial charge in [0, 0.05) is 31.4 Å². The zero-order valence-electron chi connectivity index (χ0n) is 15.9. The summed E-state index contributed by atoms with van der Waals surface area (Å²) in [6.07, 6.45) is 0.743. The molecule has 2 rings (SSSR count). The van der Waals surface area contributed by atoms with Gasteiger partial charge < -0.3 is 9.47 Å². The fraction of sp³-hybridized carbons (Fsp3) is 0.600. The first-order valence-corrected chi connectivity index (χ1v) is 11.9. The molecular formula is C20H30O2Si. The van der Waals surface area contributed by atoms with Crippen LogP contribution in [0.1, 0.15) is 51.3 Å². The first kappa shape index (κ1) is 18.1. The van der Waals surface area contributed by atoms with Gasteiger partial charge in [-0.3, -0.25) is 0 Å². The molecule has 0 unspecified atom stereocenters. The zero-order chi connectivity index (χ0) is 17.5. The summed E-state index contributed by atoms with van der Waals surface area (Å²) in [5.41, 5.74) is 7.20. The highest BCUT2D eigenvalue weighted by Crippen LogP contribution is 2.38. The van der Waals surface area contributed by atoms with E-state index in [-0.39, 0.29) is 5.41 Å². The molecule has 0 radical (unpaired) electrons. The molecule has 0 spiro atoms. The van der Waals surface area contributed by atoms with Crippen molar-refractivity contribution in [2.24, 2.45) is 0 Å². The molecule has 2 nitrogen and oxygen atoms in total. The van der Waals surface area contributed by atoms with Crippen LogP contribution in [0.5, 0.6) is 5.75 Å². The lowest BCUT2D eigenvalue weighted by molar-refractivity contribution is -0.180. The largest absolute Gasteiger partial charge is 0.462 e. The highest BCUT2D eigenvalue weighted by Gasteiger charge is 2.30. The molecule has 0 bridgehead atoms. The molecule has 0 saturated carbocycles. The second-order valence-corrected chi connectivity index (χ2v) is 13.6. The molecule has 1 aliphatic rings. The predicted octanol–water partition coefficient (Wildman–Crippen LogP) is 5.05. The SMILES string of the molecule is CC1(C)OCc2cc(C(C)(C)C)cc(CC#C[Si](C)(C)C)c2O1. The van der Waals surface area contributed by atoms with Gasteiger partial charge in [0.05, 0.1) is 6.61 Å². The van der Waals surface area contributed by atoms with E-state index in [9.17, 15) is 0 Å². The Morgan fingerprint density at radius 3 is 2.39 bits per heavy atom. The van der Waals surface area contributed by atoms with E-state index in [2.05, 4.69) is 64.0 Å². The molecule has 0 aromatic heterocycles. The molecule has 0 fully saturated rings. The number of fused-ring (bicyclic) bond motifs is 1. The normalized spacial score (nSPS) is 16.9. The highest BCUT2D eigenvalue weighted by atomic mass is 28.3. The van der Waals surface area contributed by atoms with Crippen molar-refractivity contribution in [1.82, 2.24) is 0 Å². The predicted molar refractivity (Wildman–Crippen MR) is 99.5 cm³/mol. The Balaban J connectivity index is 2.47. The molecule has 0 amide bonds. The van der Waals surface area contributed by atoms with Gasteiger partial charge in [-0.05, 0) is 17.0 Å². The standard InChI is InChI=1S/C20H30O2Si/c1-19(2,3)17-12-15(10-9-11-23(6,7)8)18-16(13-17)14-21-20(4,5)22-18/h12-13H,10,14H2,1-8H3. The van der Waals surface area contributed by atoms with Crippen molar-refractivity contribution in [2.45, 2.75) is 78.5 Å². The topological polar surface area (TPSA) is 18.5 Å². The van der Waals surface area contributed by atoms with Gasteiger partial charge in [-0.15, -0.1) is 11.5 Å². The van der Waals surface area contributed by atoms with Crippen molar-refractivity contribution >= 4 is 8.07 Å². The van der Waals surface area contributed by atoms with Gasteiger partial charge in [0.15, 0.2) is 0 Å². The van der Waals surface area contributed by atoms with Crippen LogP contribution in [-0.4, -0.2) is 13.9 Å².